The van der Waals surface area contributed by atoms with Crippen molar-refractivity contribution in [3.05, 3.63) is 82.4 Å². The highest BCUT2D eigenvalue weighted by Crippen LogP contribution is 2.37. The maximum atomic E-state index is 13.9. The quantitative estimate of drug-likeness (QED) is 0.399. The number of carbonyl (C=O) groups is 1. The van der Waals surface area contributed by atoms with Gasteiger partial charge in [-0.2, -0.15) is 5.10 Å². The van der Waals surface area contributed by atoms with Gasteiger partial charge in [0.2, 0.25) is 0 Å². The van der Waals surface area contributed by atoms with E-state index >= 15 is 0 Å². The zero-order valence-corrected chi connectivity index (χ0v) is 18.4. The molecule has 4 aromatic rings. The van der Waals surface area contributed by atoms with Crippen molar-refractivity contribution in [2.75, 3.05) is 6.54 Å². The zero-order valence-electron chi connectivity index (χ0n) is 18.4. The summed E-state index contributed by atoms with van der Waals surface area (Å²) in [6.45, 7) is 4.15. The molecule has 3 heterocycles. The predicted molar refractivity (Wildman–Crippen MR) is 118 cm³/mol. The van der Waals surface area contributed by atoms with Crippen molar-refractivity contribution < 1.29 is 18.0 Å². The Balaban J connectivity index is 1.55. The first-order valence-corrected chi connectivity index (χ1v) is 10.6. The molecule has 5 nitrogen and oxygen atoms in total. The second kappa shape index (κ2) is 7.72. The third-order valence-corrected chi connectivity index (χ3v) is 6.24. The Bertz CT molecular complexity index is 1410. The van der Waals surface area contributed by atoms with Crippen LogP contribution in [0.25, 0.3) is 22.2 Å². The van der Waals surface area contributed by atoms with E-state index in [1.807, 2.05) is 38.1 Å². The van der Waals surface area contributed by atoms with Crippen LogP contribution in [0.1, 0.15) is 40.3 Å². The largest absolute Gasteiger partial charge is 0.330 e. The first-order valence-electron chi connectivity index (χ1n) is 10.6. The highest BCUT2D eigenvalue weighted by Gasteiger charge is 2.34. The number of aryl methyl sites for hydroxylation is 2. The first kappa shape index (κ1) is 21.2. The van der Waals surface area contributed by atoms with Crippen molar-refractivity contribution in [3.63, 3.8) is 0 Å². The second-order valence-corrected chi connectivity index (χ2v) is 8.34. The Morgan fingerprint density at radius 3 is 2.52 bits per heavy atom. The van der Waals surface area contributed by atoms with Gasteiger partial charge in [-0.3, -0.25) is 14.5 Å². The van der Waals surface area contributed by atoms with E-state index in [1.165, 1.54) is 4.68 Å². The Kier molecular flexibility index (Phi) is 4.96. The van der Waals surface area contributed by atoms with E-state index in [0.717, 1.165) is 34.3 Å². The fraction of sp³-hybridized carbons (Fsp3) is 0.240. The summed E-state index contributed by atoms with van der Waals surface area (Å²) in [5.74, 6) is -4.12. The number of carbonyl (C=O) groups excluding carboxylic acids is 1. The molecule has 1 amide bonds. The fourth-order valence-corrected chi connectivity index (χ4v) is 4.71. The molecular weight excluding hydrogens is 429 g/mol. The van der Waals surface area contributed by atoms with E-state index in [0.29, 0.717) is 29.9 Å². The number of nitrogens with zero attached hydrogens (tertiary/aromatic N) is 4. The average molecular weight is 450 g/mol. The SMILES string of the molecule is Cc1cc(C(=O)N2CCc3c(nn(C)c3-c3cc(F)c(F)c(F)c3)C2C)c2ccccc2n1. The van der Waals surface area contributed by atoms with Crippen LogP contribution in [0.4, 0.5) is 13.2 Å². The molecule has 0 bridgehead atoms. The maximum absolute atomic E-state index is 13.9. The molecule has 1 aliphatic heterocycles. The van der Waals surface area contributed by atoms with E-state index in [9.17, 15) is 18.0 Å². The number of hydrogen-bond acceptors (Lipinski definition) is 3. The number of para-hydroxylation sites is 1. The number of fused-ring (bicyclic) bond motifs is 2. The van der Waals surface area contributed by atoms with Crippen molar-refractivity contribution in [2.45, 2.75) is 26.3 Å². The van der Waals surface area contributed by atoms with E-state index in [1.54, 1.807) is 18.0 Å². The summed E-state index contributed by atoms with van der Waals surface area (Å²) in [6, 6.07) is 10.9. The van der Waals surface area contributed by atoms with Gasteiger partial charge in [-0.05, 0) is 44.5 Å². The minimum Gasteiger partial charge on any atom is -0.330 e. The Morgan fingerprint density at radius 2 is 1.79 bits per heavy atom. The average Bonchev–Trinajstić information content (AvgIpc) is 3.13. The minimum absolute atomic E-state index is 0.124. The van der Waals surface area contributed by atoms with Gasteiger partial charge in [0.15, 0.2) is 17.5 Å². The van der Waals surface area contributed by atoms with Crippen LogP contribution in [0.15, 0.2) is 42.5 Å². The smallest absolute Gasteiger partial charge is 0.255 e. The molecule has 168 valence electrons. The summed E-state index contributed by atoms with van der Waals surface area (Å²) in [5.41, 5.74) is 4.28. The van der Waals surface area contributed by atoms with Crippen LogP contribution < -0.4 is 0 Å². The van der Waals surface area contributed by atoms with Gasteiger partial charge < -0.3 is 4.90 Å². The lowest BCUT2D eigenvalue weighted by Crippen LogP contribution is -2.39. The number of amides is 1. The van der Waals surface area contributed by atoms with Crippen LogP contribution in [0, 0.1) is 24.4 Å². The van der Waals surface area contributed by atoms with Crippen LogP contribution in [0.2, 0.25) is 0 Å². The van der Waals surface area contributed by atoms with Crippen molar-refractivity contribution in [2.24, 2.45) is 7.05 Å². The third-order valence-electron chi connectivity index (χ3n) is 6.24. The minimum atomic E-state index is -1.50. The topological polar surface area (TPSA) is 51.0 Å². The van der Waals surface area contributed by atoms with E-state index in [4.69, 9.17) is 0 Å². The summed E-state index contributed by atoms with van der Waals surface area (Å²) >= 11 is 0. The number of halogens is 3. The highest BCUT2D eigenvalue weighted by molar-refractivity contribution is 6.06. The zero-order chi connectivity index (χ0) is 23.4. The van der Waals surface area contributed by atoms with Crippen molar-refractivity contribution >= 4 is 16.8 Å². The Morgan fingerprint density at radius 1 is 1.09 bits per heavy atom. The predicted octanol–water partition coefficient (Wildman–Crippen LogP) is 5.12. The van der Waals surface area contributed by atoms with E-state index in [-0.39, 0.29) is 17.5 Å². The molecule has 0 spiro atoms. The number of aromatic nitrogens is 3. The number of rotatable bonds is 2. The lowest BCUT2D eigenvalue weighted by atomic mass is 9.94. The molecule has 33 heavy (non-hydrogen) atoms. The molecule has 1 aliphatic rings. The van der Waals surface area contributed by atoms with Gasteiger partial charge in [0, 0.05) is 35.8 Å². The normalized spacial score (nSPS) is 15.7. The molecule has 1 unspecified atom stereocenters. The number of benzene rings is 2. The standard InChI is InChI=1S/C25H21F3N4O/c1-13-10-18(16-6-4-5-7-21(16)29-13)25(33)32-9-8-17-23(14(32)2)30-31(3)24(17)15-11-19(26)22(28)20(27)12-15/h4-7,10-12,14H,8-9H2,1-3H3. The molecule has 2 aromatic heterocycles. The first-order chi connectivity index (χ1) is 15.8. The third kappa shape index (κ3) is 3.37. The van der Waals surface area contributed by atoms with Crippen molar-refractivity contribution in [1.82, 2.24) is 19.7 Å². The van der Waals surface area contributed by atoms with Crippen LogP contribution >= 0.6 is 0 Å². The van der Waals surface area contributed by atoms with Crippen LogP contribution in [-0.4, -0.2) is 32.1 Å². The second-order valence-electron chi connectivity index (χ2n) is 8.34. The molecule has 0 N–H and O–H groups in total. The lowest BCUT2D eigenvalue weighted by Gasteiger charge is -2.33. The van der Waals surface area contributed by atoms with Crippen molar-refractivity contribution in [3.8, 4) is 11.3 Å². The molecule has 0 radical (unpaired) electrons. The monoisotopic (exact) mass is 450 g/mol. The number of pyridine rings is 1. The Hall–Kier alpha value is -3.68. The van der Waals surface area contributed by atoms with Gasteiger partial charge in [-0.1, -0.05) is 18.2 Å². The molecule has 0 saturated carbocycles. The van der Waals surface area contributed by atoms with Gasteiger partial charge in [-0.15, -0.1) is 0 Å². The molecule has 0 saturated heterocycles. The van der Waals surface area contributed by atoms with Crippen molar-refractivity contribution in [1.29, 1.82) is 0 Å². The fourth-order valence-electron chi connectivity index (χ4n) is 4.71. The lowest BCUT2D eigenvalue weighted by molar-refractivity contribution is 0.0675. The van der Waals surface area contributed by atoms with Gasteiger partial charge in [0.1, 0.15) is 0 Å². The van der Waals surface area contributed by atoms with Gasteiger partial charge in [0.05, 0.1) is 28.5 Å². The summed E-state index contributed by atoms with van der Waals surface area (Å²) in [4.78, 5) is 19.9. The maximum Gasteiger partial charge on any atom is 0.255 e. The summed E-state index contributed by atoms with van der Waals surface area (Å²) in [6.07, 6.45) is 0.456. The van der Waals surface area contributed by atoms with Gasteiger partial charge >= 0.3 is 0 Å². The van der Waals surface area contributed by atoms with Crippen LogP contribution in [-0.2, 0) is 13.5 Å². The molecule has 8 heteroatoms. The van der Waals surface area contributed by atoms with Gasteiger partial charge in [-0.25, -0.2) is 13.2 Å². The highest BCUT2D eigenvalue weighted by atomic mass is 19.2. The molecule has 2 aromatic carbocycles. The molecular formula is C25H21F3N4O. The van der Waals surface area contributed by atoms with E-state index < -0.39 is 17.5 Å². The Labute approximate surface area is 188 Å². The molecule has 1 atom stereocenters. The van der Waals surface area contributed by atoms with Crippen LogP contribution in [0.3, 0.4) is 0 Å². The van der Waals surface area contributed by atoms with E-state index in [2.05, 4.69) is 10.1 Å². The molecule has 0 aliphatic carbocycles. The molecule has 0 fully saturated rings. The molecule has 5 rings (SSSR count). The summed E-state index contributed by atoms with van der Waals surface area (Å²) in [7, 11) is 1.67. The van der Waals surface area contributed by atoms with Gasteiger partial charge in [0.25, 0.3) is 5.91 Å². The summed E-state index contributed by atoms with van der Waals surface area (Å²) < 4.78 is 42.8. The number of hydrogen-bond donors (Lipinski definition) is 0. The van der Waals surface area contributed by atoms with Crippen LogP contribution in [0.5, 0.6) is 0 Å². The summed E-state index contributed by atoms with van der Waals surface area (Å²) in [5, 5.41) is 5.35.